The van der Waals surface area contributed by atoms with Gasteiger partial charge in [0.25, 0.3) is 0 Å². The Labute approximate surface area is 147 Å². The van der Waals surface area contributed by atoms with E-state index in [2.05, 4.69) is 35.2 Å². The molecular formula is C10H12Cl4N8. The number of anilines is 2. The van der Waals surface area contributed by atoms with Crippen molar-refractivity contribution in [3.05, 3.63) is 21.1 Å². The summed E-state index contributed by atoms with van der Waals surface area (Å²) in [5.74, 6) is 0.854. The van der Waals surface area contributed by atoms with Crippen LogP contribution in [0.3, 0.4) is 0 Å². The first-order valence-electron chi connectivity index (χ1n) is 5.87. The first-order chi connectivity index (χ1) is 10.3. The highest BCUT2D eigenvalue weighted by Gasteiger charge is 2.03. The molecule has 0 radical (unpaired) electrons. The van der Waals surface area contributed by atoms with E-state index in [4.69, 9.17) is 46.4 Å². The van der Waals surface area contributed by atoms with E-state index in [0.717, 1.165) is 6.54 Å². The van der Waals surface area contributed by atoms with Gasteiger partial charge in [0, 0.05) is 20.6 Å². The standard InChI is InChI=1S/2C5H6Cl2N4/c1-11(2)5-9-3(6)8-4(7)10-5;1-2-8-5-10-3(6)9-4(7)11-5/h1-2H3;2H2,1H3,(H,8,9,10,11). The molecule has 2 aromatic rings. The van der Waals surface area contributed by atoms with Crippen molar-refractivity contribution in [3.63, 3.8) is 0 Å². The van der Waals surface area contributed by atoms with Crippen LogP contribution in [-0.4, -0.2) is 50.5 Å². The maximum absolute atomic E-state index is 5.52. The predicted octanol–water partition coefficient (Wildman–Crippen LogP) is 2.85. The number of halogens is 4. The van der Waals surface area contributed by atoms with Crippen molar-refractivity contribution in [3.8, 4) is 0 Å². The van der Waals surface area contributed by atoms with Crippen molar-refractivity contribution in [2.75, 3.05) is 30.9 Å². The van der Waals surface area contributed by atoms with E-state index in [9.17, 15) is 0 Å². The molecule has 0 aliphatic rings. The number of nitrogens with one attached hydrogen (secondary N) is 1. The molecule has 22 heavy (non-hydrogen) atoms. The van der Waals surface area contributed by atoms with E-state index in [1.165, 1.54) is 0 Å². The zero-order valence-corrected chi connectivity index (χ0v) is 14.9. The van der Waals surface area contributed by atoms with Gasteiger partial charge in [-0.3, -0.25) is 0 Å². The summed E-state index contributed by atoms with van der Waals surface area (Å²) in [6.45, 7) is 2.64. The molecule has 8 nitrogen and oxygen atoms in total. The summed E-state index contributed by atoms with van der Waals surface area (Å²) in [7, 11) is 3.59. The van der Waals surface area contributed by atoms with Gasteiger partial charge in [-0.1, -0.05) is 0 Å². The van der Waals surface area contributed by atoms with E-state index >= 15 is 0 Å². The molecule has 0 aliphatic carbocycles. The average molecular weight is 386 g/mol. The van der Waals surface area contributed by atoms with E-state index < -0.39 is 0 Å². The Balaban J connectivity index is 0.000000220. The first-order valence-corrected chi connectivity index (χ1v) is 7.38. The van der Waals surface area contributed by atoms with Crippen LogP contribution >= 0.6 is 46.4 Å². The van der Waals surface area contributed by atoms with Crippen molar-refractivity contribution < 1.29 is 0 Å². The fourth-order valence-electron chi connectivity index (χ4n) is 1.08. The van der Waals surface area contributed by atoms with Crippen LogP contribution in [0.2, 0.25) is 21.1 Å². The lowest BCUT2D eigenvalue weighted by atomic mass is 10.7. The predicted molar refractivity (Wildman–Crippen MR) is 88.2 cm³/mol. The van der Waals surface area contributed by atoms with Gasteiger partial charge >= 0.3 is 0 Å². The van der Waals surface area contributed by atoms with Crippen molar-refractivity contribution in [1.82, 2.24) is 29.9 Å². The van der Waals surface area contributed by atoms with Crippen molar-refractivity contribution in [2.45, 2.75) is 6.92 Å². The Kier molecular flexibility index (Phi) is 7.74. The van der Waals surface area contributed by atoms with Gasteiger partial charge in [-0.2, -0.15) is 29.9 Å². The second-order valence-corrected chi connectivity index (χ2v) is 5.15. The second-order valence-electron chi connectivity index (χ2n) is 3.80. The van der Waals surface area contributed by atoms with E-state index in [0.29, 0.717) is 11.9 Å². The minimum absolute atomic E-state index is 0.0981. The summed E-state index contributed by atoms with van der Waals surface area (Å²) in [4.78, 5) is 24.1. The van der Waals surface area contributed by atoms with Crippen molar-refractivity contribution in [2.24, 2.45) is 0 Å². The van der Waals surface area contributed by atoms with Gasteiger partial charge < -0.3 is 10.2 Å². The molecule has 1 N–H and O–H groups in total. The lowest BCUT2D eigenvalue weighted by molar-refractivity contribution is 0.956. The lowest BCUT2D eigenvalue weighted by Crippen LogP contribution is -2.13. The van der Waals surface area contributed by atoms with Gasteiger partial charge in [-0.25, -0.2) is 0 Å². The maximum atomic E-state index is 5.52. The molecule has 0 bridgehead atoms. The molecule has 0 amide bonds. The summed E-state index contributed by atoms with van der Waals surface area (Å²) in [6, 6.07) is 0. The Morgan fingerprint density at radius 1 is 0.773 bits per heavy atom. The number of hydrogen-bond acceptors (Lipinski definition) is 8. The van der Waals surface area contributed by atoms with Gasteiger partial charge in [0.15, 0.2) is 0 Å². The molecule has 0 atom stereocenters. The Morgan fingerprint density at radius 2 is 1.18 bits per heavy atom. The Morgan fingerprint density at radius 3 is 1.55 bits per heavy atom. The first kappa shape index (κ1) is 18.8. The molecule has 120 valence electrons. The summed E-state index contributed by atoms with van der Waals surface area (Å²) >= 11 is 22.0. The van der Waals surface area contributed by atoms with Crippen LogP contribution in [0, 0.1) is 0 Å². The summed E-state index contributed by atoms with van der Waals surface area (Å²) in [5, 5.41) is 3.26. The van der Waals surface area contributed by atoms with Crippen LogP contribution in [0.4, 0.5) is 11.9 Å². The molecule has 0 saturated carbocycles. The zero-order valence-electron chi connectivity index (χ0n) is 11.8. The Bertz CT molecular complexity index is 583. The maximum Gasteiger partial charge on any atom is 0.230 e. The van der Waals surface area contributed by atoms with Crippen LogP contribution in [0.25, 0.3) is 0 Å². The van der Waals surface area contributed by atoms with Gasteiger partial charge in [0.2, 0.25) is 33.0 Å². The highest BCUT2D eigenvalue weighted by molar-refractivity contribution is 6.31. The molecule has 2 heterocycles. The SMILES string of the molecule is CCNc1nc(Cl)nc(Cl)n1.CN(C)c1nc(Cl)nc(Cl)n1. The zero-order chi connectivity index (χ0) is 16.7. The molecule has 0 spiro atoms. The van der Waals surface area contributed by atoms with E-state index in [1.807, 2.05) is 6.92 Å². The number of aromatic nitrogens is 6. The molecule has 2 aromatic heterocycles. The molecule has 0 saturated heterocycles. The van der Waals surface area contributed by atoms with Crippen LogP contribution in [0.15, 0.2) is 0 Å². The molecular weight excluding hydrogens is 374 g/mol. The third-order valence-electron chi connectivity index (χ3n) is 1.88. The quantitative estimate of drug-likeness (QED) is 0.861. The normalized spacial score (nSPS) is 9.77. The highest BCUT2D eigenvalue weighted by atomic mass is 35.5. The third-order valence-corrected chi connectivity index (χ3v) is 2.56. The Hall–Kier alpha value is -1.22. The number of nitrogens with zero attached hydrogens (tertiary/aromatic N) is 7. The van der Waals surface area contributed by atoms with Crippen LogP contribution in [0.5, 0.6) is 0 Å². The van der Waals surface area contributed by atoms with E-state index in [1.54, 1.807) is 19.0 Å². The molecule has 0 aliphatic heterocycles. The minimum Gasteiger partial charge on any atom is -0.354 e. The van der Waals surface area contributed by atoms with Crippen LogP contribution < -0.4 is 10.2 Å². The number of rotatable bonds is 3. The lowest BCUT2D eigenvalue weighted by Gasteiger charge is -2.08. The molecule has 0 aromatic carbocycles. The second kappa shape index (κ2) is 9.04. The van der Waals surface area contributed by atoms with Crippen molar-refractivity contribution >= 4 is 58.3 Å². The topological polar surface area (TPSA) is 92.6 Å². The molecule has 0 fully saturated rings. The highest BCUT2D eigenvalue weighted by Crippen LogP contribution is 2.11. The summed E-state index contributed by atoms with van der Waals surface area (Å²) < 4.78 is 0. The van der Waals surface area contributed by atoms with Gasteiger partial charge in [0.1, 0.15) is 0 Å². The van der Waals surface area contributed by atoms with Gasteiger partial charge in [0.05, 0.1) is 0 Å². The average Bonchev–Trinajstić information content (AvgIpc) is 2.37. The largest absolute Gasteiger partial charge is 0.354 e. The summed E-state index contributed by atoms with van der Waals surface area (Å²) in [6.07, 6.45) is 0. The fraction of sp³-hybridized carbons (Fsp3) is 0.400. The summed E-state index contributed by atoms with van der Waals surface area (Å²) in [5.41, 5.74) is 0. The monoisotopic (exact) mass is 384 g/mol. The minimum atomic E-state index is 0.0981. The van der Waals surface area contributed by atoms with Crippen molar-refractivity contribution in [1.29, 1.82) is 0 Å². The molecule has 12 heteroatoms. The number of hydrogen-bond donors (Lipinski definition) is 1. The molecule has 2 rings (SSSR count). The fourth-order valence-corrected chi connectivity index (χ4v) is 1.80. The third kappa shape index (κ3) is 6.69. The van der Waals surface area contributed by atoms with Gasteiger partial charge in [-0.15, -0.1) is 0 Å². The van der Waals surface area contributed by atoms with Gasteiger partial charge in [-0.05, 0) is 53.3 Å². The smallest absolute Gasteiger partial charge is 0.230 e. The van der Waals surface area contributed by atoms with E-state index in [-0.39, 0.29) is 21.1 Å². The van der Waals surface area contributed by atoms with Crippen LogP contribution in [0.1, 0.15) is 6.92 Å². The molecule has 0 unspecified atom stereocenters. The van der Waals surface area contributed by atoms with Crippen LogP contribution in [-0.2, 0) is 0 Å².